The van der Waals surface area contributed by atoms with Gasteiger partial charge in [-0.1, -0.05) is 24.1 Å². The summed E-state index contributed by atoms with van der Waals surface area (Å²) in [6, 6.07) is 0. The molecule has 1 N–H and O–H groups in total. The number of allylic oxidation sites excluding steroid dienone is 2. The molecule has 1 saturated heterocycles. The van der Waals surface area contributed by atoms with E-state index in [2.05, 4.69) is 16.1 Å². The van der Waals surface area contributed by atoms with Crippen LogP contribution in [0.3, 0.4) is 0 Å². The Morgan fingerprint density at radius 1 is 1.12 bits per heavy atom. The first kappa shape index (κ1) is 12.4. The number of nitrogens with zero attached hydrogens (tertiary/aromatic N) is 2. The molecule has 1 aliphatic heterocycles. The lowest BCUT2D eigenvalue weighted by Crippen LogP contribution is -2.38. The summed E-state index contributed by atoms with van der Waals surface area (Å²) >= 11 is 0. The third-order valence-corrected chi connectivity index (χ3v) is 3.47. The van der Waals surface area contributed by atoms with Crippen molar-refractivity contribution in [2.24, 2.45) is 5.16 Å². The molecular formula is C13H22N2O2. The maximum atomic E-state index is 9.19. The Labute approximate surface area is 103 Å². The molecule has 1 aliphatic carbocycles. The minimum absolute atomic E-state index is 0.774. The van der Waals surface area contributed by atoms with Gasteiger partial charge in [0.2, 0.25) is 0 Å². The summed E-state index contributed by atoms with van der Waals surface area (Å²) in [6.07, 6.45) is 9.11. The second kappa shape index (κ2) is 6.64. The number of hydrogen-bond acceptors (Lipinski definition) is 4. The van der Waals surface area contributed by atoms with Crippen molar-refractivity contribution in [1.82, 2.24) is 4.90 Å². The third-order valence-electron chi connectivity index (χ3n) is 3.47. The second-order valence-electron chi connectivity index (χ2n) is 4.69. The Morgan fingerprint density at radius 3 is 2.65 bits per heavy atom. The Morgan fingerprint density at radius 2 is 1.88 bits per heavy atom. The molecule has 0 amide bonds. The highest BCUT2D eigenvalue weighted by Gasteiger charge is 2.19. The molecule has 1 heterocycles. The van der Waals surface area contributed by atoms with Crippen LogP contribution in [-0.2, 0) is 4.74 Å². The molecule has 0 unspecified atom stereocenters. The highest BCUT2D eigenvalue weighted by atomic mass is 16.5. The van der Waals surface area contributed by atoms with Crippen LogP contribution in [0.25, 0.3) is 0 Å². The fourth-order valence-electron chi connectivity index (χ4n) is 2.49. The van der Waals surface area contributed by atoms with Crippen molar-refractivity contribution < 1.29 is 9.94 Å². The van der Waals surface area contributed by atoms with Crippen LogP contribution in [0.4, 0.5) is 0 Å². The molecule has 2 rings (SSSR count). The molecule has 0 aromatic rings. The van der Waals surface area contributed by atoms with Crippen molar-refractivity contribution in [3.63, 3.8) is 0 Å². The molecule has 96 valence electrons. The predicted octanol–water partition coefficient (Wildman–Crippen LogP) is 2.39. The summed E-state index contributed by atoms with van der Waals surface area (Å²) in [7, 11) is 0. The number of ether oxygens (including phenoxy) is 1. The quantitative estimate of drug-likeness (QED) is 0.563. The van der Waals surface area contributed by atoms with E-state index in [4.69, 9.17) is 4.74 Å². The van der Waals surface area contributed by atoms with Crippen LogP contribution < -0.4 is 0 Å². The number of rotatable bonds is 1. The van der Waals surface area contributed by atoms with Crippen LogP contribution in [0.1, 0.15) is 38.5 Å². The van der Waals surface area contributed by atoms with Crippen LogP contribution in [0, 0.1) is 0 Å². The van der Waals surface area contributed by atoms with Crippen LogP contribution in [0.2, 0.25) is 0 Å². The van der Waals surface area contributed by atoms with Gasteiger partial charge in [0.15, 0.2) is 0 Å². The highest BCUT2D eigenvalue weighted by Crippen LogP contribution is 2.19. The number of oxime groups is 1. The van der Waals surface area contributed by atoms with Gasteiger partial charge in [-0.15, -0.1) is 0 Å². The first-order valence-corrected chi connectivity index (χ1v) is 6.66. The average Bonchev–Trinajstić information content (AvgIpc) is 2.51. The minimum atomic E-state index is 0.774. The highest BCUT2D eigenvalue weighted by molar-refractivity contribution is 5.99. The van der Waals surface area contributed by atoms with Gasteiger partial charge in [-0.05, 0) is 25.7 Å². The summed E-state index contributed by atoms with van der Waals surface area (Å²) in [4.78, 5) is 2.30. The molecule has 0 spiro atoms. The molecule has 0 radical (unpaired) electrons. The van der Waals surface area contributed by atoms with Gasteiger partial charge in [0, 0.05) is 13.1 Å². The molecule has 17 heavy (non-hydrogen) atoms. The van der Waals surface area contributed by atoms with Gasteiger partial charge in [0.1, 0.15) is 5.71 Å². The molecule has 4 nitrogen and oxygen atoms in total. The monoisotopic (exact) mass is 238 g/mol. The average molecular weight is 238 g/mol. The molecule has 0 aromatic carbocycles. The van der Waals surface area contributed by atoms with Crippen LogP contribution in [-0.4, -0.2) is 42.1 Å². The molecule has 0 bridgehead atoms. The van der Waals surface area contributed by atoms with E-state index in [1.54, 1.807) is 0 Å². The van der Waals surface area contributed by atoms with E-state index < -0.39 is 0 Å². The molecule has 0 saturated carbocycles. The zero-order chi connectivity index (χ0) is 11.9. The van der Waals surface area contributed by atoms with Crippen LogP contribution >= 0.6 is 0 Å². The summed E-state index contributed by atoms with van der Waals surface area (Å²) in [5.41, 5.74) is 1.99. The van der Waals surface area contributed by atoms with E-state index in [1.165, 1.54) is 19.3 Å². The number of morpholine rings is 1. The lowest BCUT2D eigenvalue weighted by atomic mass is 10.1. The summed E-state index contributed by atoms with van der Waals surface area (Å²) in [6.45, 7) is 3.36. The van der Waals surface area contributed by atoms with Gasteiger partial charge in [0.05, 0.1) is 18.9 Å². The maximum absolute atomic E-state index is 9.19. The van der Waals surface area contributed by atoms with E-state index in [0.29, 0.717) is 0 Å². The van der Waals surface area contributed by atoms with E-state index in [-0.39, 0.29) is 0 Å². The Balaban J connectivity index is 2.11. The van der Waals surface area contributed by atoms with Gasteiger partial charge in [-0.2, -0.15) is 0 Å². The SMILES string of the molecule is ON=C1CCCCCC/C=C\1N1CCOCC1. The lowest BCUT2D eigenvalue weighted by Gasteiger charge is -2.31. The van der Waals surface area contributed by atoms with E-state index in [1.807, 2.05) is 0 Å². The van der Waals surface area contributed by atoms with Gasteiger partial charge >= 0.3 is 0 Å². The largest absolute Gasteiger partial charge is 0.411 e. The minimum Gasteiger partial charge on any atom is -0.411 e. The summed E-state index contributed by atoms with van der Waals surface area (Å²) < 4.78 is 5.37. The van der Waals surface area contributed by atoms with E-state index in [9.17, 15) is 5.21 Å². The Hall–Kier alpha value is -1.03. The summed E-state index contributed by atoms with van der Waals surface area (Å²) in [5, 5.41) is 12.7. The van der Waals surface area contributed by atoms with Crippen molar-refractivity contribution >= 4 is 5.71 Å². The standard InChI is InChI=1S/C13H22N2O2/c16-14-12-6-4-2-1-3-5-7-13(12)15-8-10-17-11-9-15/h7,16H,1-6,8-11H2/b13-7+,14-12?. The van der Waals surface area contributed by atoms with Gasteiger partial charge < -0.3 is 14.8 Å². The Bertz CT molecular complexity index is 294. The Kier molecular flexibility index (Phi) is 4.86. The first-order valence-electron chi connectivity index (χ1n) is 6.66. The summed E-state index contributed by atoms with van der Waals surface area (Å²) in [5.74, 6) is 0. The smallest absolute Gasteiger partial charge is 0.102 e. The molecule has 0 atom stereocenters. The van der Waals surface area contributed by atoms with E-state index in [0.717, 1.165) is 57.0 Å². The lowest BCUT2D eigenvalue weighted by molar-refractivity contribution is 0.0560. The fraction of sp³-hybridized carbons (Fsp3) is 0.769. The second-order valence-corrected chi connectivity index (χ2v) is 4.69. The third kappa shape index (κ3) is 3.46. The first-order chi connectivity index (χ1) is 8.42. The topological polar surface area (TPSA) is 45.1 Å². The van der Waals surface area contributed by atoms with Crippen LogP contribution in [0.15, 0.2) is 16.9 Å². The van der Waals surface area contributed by atoms with Gasteiger partial charge in [0.25, 0.3) is 0 Å². The van der Waals surface area contributed by atoms with Crippen molar-refractivity contribution in [3.05, 3.63) is 11.8 Å². The van der Waals surface area contributed by atoms with Gasteiger partial charge in [-0.3, -0.25) is 0 Å². The van der Waals surface area contributed by atoms with Crippen molar-refractivity contribution in [2.45, 2.75) is 38.5 Å². The van der Waals surface area contributed by atoms with Crippen molar-refractivity contribution in [3.8, 4) is 0 Å². The predicted molar refractivity (Wildman–Crippen MR) is 67.4 cm³/mol. The molecule has 0 aromatic heterocycles. The van der Waals surface area contributed by atoms with Crippen LogP contribution in [0.5, 0.6) is 0 Å². The zero-order valence-electron chi connectivity index (χ0n) is 10.4. The maximum Gasteiger partial charge on any atom is 0.102 e. The zero-order valence-corrected chi connectivity index (χ0v) is 10.4. The molecule has 2 aliphatic rings. The number of hydrogen-bond donors (Lipinski definition) is 1. The molecule has 1 fully saturated rings. The normalized spacial score (nSPS) is 29.1. The fourth-order valence-corrected chi connectivity index (χ4v) is 2.49. The van der Waals surface area contributed by atoms with Crippen molar-refractivity contribution in [2.75, 3.05) is 26.3 Å². The van der Waals surface area contributed by atoms with Gasteiger partial charge in [-0.25, -0.2) is 0 Å². The van der Waals surface area contributed by atoms with Crippen molar-refractivity contribution in [1.29, 1.82) is 0 Å². The molecular weight excluding hydrogens is 216 g/mol. The van der Waals surface area contributed by atoms with E-state index >= 15 is 0 Å². The molecule has 4 heteroatoms.